The Morgan fingerprint density at radius 3 is 2.33 bits per heavy atom. The first-order valence-corrected chi connectivity index (χ1v) is 10.6. The van der Waals surface area contributed by atoms with Gasteiger partial charge in [0.25, 0.3) is 0 Å². The van der Waals surface area contributed by atoms with E-state index in [4.69, 9.17) is 0 Å². The van der Waals surface area contributed by atoms with Gasteiger partial charge in [-0.25, -0.2) is 12.8 Å². The standard InChI is InChI=1S/C20H25FN2O3S/c1-4-19(16-11-9-15(2)10-12-16)22-20(24)14-23(27(3,25)26)13-17-7-5-6-8-18(17)21/h5-12,19H,4,13-14H2,1-3H3,(H,22,24). The van der Waals surface area contributed by atoms with Crippen molar-refractivity contribution in [2.45, 2.75) is 32.9 Å². The number of sulfonamides is 1. The molecule has 146 valence electrons. The number of hydrogen-bond donors (Lipinski definition) is 1. The molecule has 0 aliphatic carbocycles. The van der Waals surface area contributed by atoms with Gasteiger partial charge in [0, 0.05) is 12.1 Å². The summed E-state index contributed by atoms with van der Waals surface area (Å²) in [6.45, 7) is 3.37. The van der Waals surface area contributed by atoms with Crippen molar-refractivity contribution in [3.63, 3.8) is 0 Å². The number of nitrogens with zero attached hydrogens (tertiary/aromatic N) is 1. The largest absolute Gasteiger partial charge is 0.348 e. The van der Waals surface area contributed by atoms with E-state index in [9.17, 15) is 17.6 Å². The van der Waals surface area contributed by atoms with Gasteiger partial charge in [-0.15, -0.1) is 0 Å². The van der Waals surface area contributed by atoms with E-state index in [2.05, 4.69) is 5.32 Å². The molecule has 0 heterocycles. The second-order valence-electron chi connectivity index (χ2n) is 6.56. The molecule has 1 N–H and O–H groups in total. The molecule has 1 unspecified atom stereocenters. The topological polar surface area (TPSA) is 66.5 Å². The van der Waals surface area contributed by atoms with Gasteiger partial charge in [0.05, 0.1) is 18.8 Å². The van der Waals surface area contributed by atoms with Gasteiger partial charge in [-0.3, -0.25) is 4.79 Å². The molecule has 1 amide bonds. The lowest BCUT2D eigenvalue weighted by atomic mass is 10.0. The first-order chi connectivity index (χ1) is 12.7. The lowest BCUT2D eigenvalue weighted by molar-refractivity contribution is -0.122. The predicted octanol–water partition coefficient (Wildman–Crippen LogP) is 3.16. The minimum Gasteiger partial charge on any atom is -0.348 e. The highest BCUT2D eigenvalue weighted by molar-refractivity contribution is 7.88. The molecule has 27 heavy (non-hydrogen) atoms. The number of carbonyl (C=O) groups excluding carboxylic acids is 1. The third kappa shape index (κ3) is 6.15. The Labute approximate surface area is 160 Å². The molecule has 0 aliphatic rings. The van der Waals surface area contributed by atoms with E-state index in [1.807, 2.05) is 38.1 Å². The number of carbonyl (C=O) groups is 1. The lowest BCUT2D eigenvalue weighted by Crippen LogP contribution is -2.41. The fraction of sp³-hybridized carbons (Fsp3) is 0.350. The molecule has 0 fully saturated rings. The molecule has 2 aromatic carbocycles. The minimum atomic E-state index is -3.68. The summed E-state index contributed by atoms with van der Waals surface area (Å²) < 4.78 is 39.0. The summed E-state index contributed by atoms with van der Waals surface area (Å²) in [5.74, 6) is -0.929. The van der Waals surface area contributed by atoms with E-state index in [1.165, 1.54) is 18.2 Å². The average molecular weight is 392 g/mol. The maximum Gasteiger partial charge on any atom is 0.235 e. The zero-order valence-corrected chi connectivity index (χ0v) is 16.6. The summed E-state index contributed by atoms with van der Waals surface area (Å²) >= 11 is 0. The SMILES string of the molecule is CCC(NC(=O)CN(Cc1ccccc1F)S(C)(=O)=O)c1ccc(C)cc1. The maximum absolute atomic E-state index is 13.9. The van der Waals surface area contributed by atoms with Crippen molar-refractivity contribution in [1.82, 2.24) is 9.62 Å². The van der Waals surface area contributed by atoms with Crippen LogP contribution in [0.15, 0.2) is 48.5 Å². The van der Waals surface area contributed by atoms with Crippen LogP contribution < -0.4 is 5.32 Å². The molecule has 0 saturated heterocycles. The fourth-order valence-electron chi connectivity index (χ4n) is 2.73. The second-order valence-corrected chi connectivity index (χ2v) is 8.54. The number of aryl methyl sites for hydroxylation is 1. The third-order valence-electron chi connectivity index (χ3n) is 4.32. The molecule has 2 rings (SSSR count). The van der Waals surface area contributed by atoms with Gasteiger partial charge in [-0.2, -0.15) is 4.31 Å². The molecule has 7 heteroatoms. The van der Waals surface area contributed by atoms with Crippen LogP contribution in [0, 0.1) is 12.7 Å². The first kappa shape index (κ1) is 21.1. The van der Waals surface area contributed by atoms with Crippen LogP contribution >= 0.6 is 0 Å². The highest BCUT2D eigenvalue weighted by Gasteiger charge is 2.23. The molecule has 0 spiro atoms. The zero-order valence-electron chi connectivity index (χ0n) is 15.8. The summed E-state index contributed by atoms with van der Waals surface area (Å²) in [6, 6.07) is 13.5. The Balaban J connectivity index is 2.11. The molecule has 2 aromatic rings. The van der Waals surface area contributed by atoms with Crippen molar-refractivity contribution < 1.29 is 17.6 Å². The molecule has 0 saturated carbocycles. The lowest BCUT2D eigenvalue weighted by Gasteiger charge is -2.23. The van der Waals surface area contributed by atoms with Crippen LogP contribution in [0.3, 0.4) is 0 Å². The van der Waals surface area contributed by atoms with Gasteiger partial charge in [-0.1, -0.05) is 55.0 Å². The molecule has 1 atom stereocenters. The van der Waals surface area contributed by atoms with Crippen molar-refractivity contribution in [3.8, 4) is 0 Å². The summed E-state index contributed by atoms with van der Waals surface area (Å²) in [7, 11) is -3.68. The molecule has 0 aliphatic heterocycles. The normalized spacial score (nSPS) is 12.8. The van der Waals surface area contributed by atoms with Crippen LogP contribution in [0.5, 0.6) is 0 Å². The third-order valence-corrected chi connectivity index (χ3v) is 5.51. The Kier molecular flexibility index (Phi) is 7.10. The number of benzene rings is 2. The predicted molar refractivity (Wildman–Crippen MR) is 104 cm³/mol. The molecule has 0 bridgehead atoms. The van der Waals surface area contributed by atoms with Crippen LogP contribution in [0.1, 0.15) is 36.1 Å². The molecular formula is C20H25FN2O3S. The number of nitrogens with one attached hydrogen (secondary N) is 1. The molecule has 0 radical (unpaired) electrons. The van der Waals surface area contributed by atoms with Crippen molar-refractivity contribution in [3.05, 3.63) is 71.0 Å². The zero-order chi connectivity index (χ0) is 20.0. The van der Waals surface area contributed by atoms with Gasteiger partial charge >= 0.3 is 0 Å². The highest BCUT2D eigenvalue weighted by atomic mass is 32.2. The Morgan fingerprint density at radius 1 is 1.15 bits per heavy atom. The monoisotopic (exact) mass is 392 g/mol. The number of hydrogen-bond acceptors (Lipinski definition) is 3. The van der Waals surface area contributed by atoms with Gasteiger partial charge < -0.3 is 5.32 Å². The van der Waals surface area contributed by atoms with Crippen LogP contribution in [-0.4, -0.2) is 31.4 Å². The van der Waals surface area contributed by atoms with Gasteiger partial charge in [-0.05, 0) is 25.0 Å². The van der Waals surface area contributed by atoms with Crippen LogP contribution in [-0.2, 0) is 21.4 Å². The quantitative estimate of drug-likeness (QED) is 0.750. The maximum atomic E-state index is 13.9. The van der Waals surface area contributed by atoms with E-state index in [1.54, 1.807) is 6.07 Å². The van der Waals surface area contributed by atoms with E-state index in [0.717, 1.165) is 21.7 Å². The Bertz CT molecular complexity index is 882. The number of amides is 1. The number of halogens is 1. The Morgan fingerprint density at radius 2 is 1.78 bits per heavy atom. The molecular weight excluding hydrogens is 367 g/mol. The summed E-state index contributed by atoms with van der Waals surface area (Å²) in [5, 5.41) is 2.87. The summed E-state index contributed by atoms with van der Waals surface area (Å²) in [6.07, 6.45) is 1.68. The first-order valence-electron chi connectivity index (χ1n) is 8.75. The summed E-state index contributed by atoms with van der Waals surface area (Å²) in [5.41, 5.74) is 2.30. The van der Waals surface area contributed by atoms with Gasteiger partial charge in [0.1, 0.15) is 5.82 Å². The number of rotatable bonds is 8. The van der Waals surface area contributed by atoms with Gasteiger partial charge in [0.2, 0.25) is 15.9 Å². The van der Waals surface area contributed by atoms with Crippen LogP contribution in [0.4, 0.5) is 4.39 Å². The van der Waals surface area contributed by atoms with Crippen LogP contribution in [0.25, 0.3) is 0 Å². The second kappa shape index (κ2) is 9.10. The van der Waals surface area contributed by atoms with Crippen molar-refractivity contribution in [2.24, 2.45) is 0 Å². The minimum absolute atomic E-state index is 0.194. The summed E-state index contributed by atoms with van der Waals surface area (Å²) in [4.78, 5) is 12.5. The van der Waals surface area contributed by atoms with Gasteiger partial charge in [0.15, 0.2) is 0 Å². The van der Waals surface area contributed by atoms with Crippen molar-refractivity contribution in [1.29, 1.82) is 0 Å². The fourth-order valence-corrected chi connectivity index (χ4v) is 3.45. The van der Waals surface area contributed by atoms with E-state index in [0.29, 0.717) is 6.42 Å². The average Bonchev–Trinajstić information content (AvgIpc) is 2.61. The highest BCUT2D eigenvalue weighted by Crippen LogP contribution is 2.18. The molecule has 0 aromatic heterocycles. The molecule has 5 nitrogen and oxygen atoms in total. The van der Waals surface area contributed by atoms with Crippen LogP contribution in [0.2, 0.25) is 0 Å². The van der Waals surface area contributed by atoms with E-state index < -0.39 is 21.7 Å². The Hall–Kier alpha value is -2.25. The van der Waals surface area contributed by atoms with E-state index >= 15 is 0 Å². The van der Waals surface area contributed by atoms with E-state index in [-0.39, 0.29) is 24.7 Å². The van der Waals surface area contributed by atoms with Crippen molar-refractivity contribution >= 4 is 15.9 Å². The van der Waals surface area contributed by atoms with Crippen molar-refractivity contribution in [2.75, 3.05) is 12.8 Å². The smallest absolute Gasteiger partial charge is 0.235 e.